The molecule has 0 spiro atoms. The Balaban J connectivity index is 1.44. The van der Waals surface area contributed by atoms with Gasteiger partial charge in [-0.3, -0.25) is 9.69 Å². The number of aliphatic hydroxyl groups is 1. The van der Waals surface area contributed by atoms with Crippen molar-refractivity contribution in [1.82, 2.24) is 15.4 Å². The summed E-state index contributed by atoms with van der Waals surface area (Å²) in [6, 6.07) is 2.17. The van der Waals surface area contributed by atoms with Gasteiger partial charge in [-0.25, -0.2) is 0 Å². The molecule has 1 aliphatic heterocycles. The number of carbonyl (C=O) groups is 1. The van der Waals surface area contributed by atoms with Gasteiger partial charge >= 0.3 is 0 Å². The second kappa shape index (κ2) is 5.93. The smallest absolute Gasteiger partial charge is 0.249 e. The zero-order chi connectivity index (χ0) is 13.9. The molecule has 3 rings (SSSR count). The first-order chi connectivity index (χ1) is 9.72. The molecular weight excluding hydrogens is 258 g/mol. The minimum absolute atomic E-state index is 0.0716. The lowest BCUT2D eigenvalue weighted by Crippen LogP contribution is -2.44. The highest BCUT2D eigenvalue weighted by Gasteiger charge is 2.32. The van der Waals surface area contributed by atoms with Crippen LogP contribution in [0.2, 0.25) is 0 Å². The van der Waals surface area contributed by atoms with E-state index in [1.54, 1.807) is 6.26 Å². The molecule has 2 aliphatic rings. The summed E-state index contributed by atoms with van der Waals surface area (Å²) in [4.78, 5) is 14.1. The summed E-state index contributed by atoms with van der Waals surface area (Å²) in [6.07, 6.45) is 4.51. The zero-order valence-electron chi connectivity index (χ0n) is 11.5. The van der Waals surface area contributed by atoms with Crippen LogP contribution < -0.4 is 5.32 Å². The number of nitrogens with zero attached hydrogens (tertiary/aromatic N) is 2. The van der Waals surface area contributed by atoms with E-state index in [1.165, 1.54) is 0 Å². The van der Waals surface area contributed by atoms with E-state index in [-0.39, 0.29) is 11.8 Å². The molecule has 2 heterocycles. The van der Waals surface area contributed by atoms with Crippen LogP contribution in [-0.4, -0.2) is 46.3 Å². The highest BCUT2D eigenvalue weighted by molar-refractivity contribution is 5.81. The van der Waals surface area contributed by atoms with E-state index < -0.39 is 6.10 Å². The van der Waals surface area contributed by atoms with Gasteiger partial charge in [0.25, 0.3) is 0 Å². The van der Waals surface area contributed by atoms with E-state index in [9.17, 15) is 9.90 Å². The van der Waals surface area contributed by atoms with Gasteiger partial charge in [0.2, 0.25) is 5.91 Å². The molecule has 2 fully saturated rings. The van der Waals surface area contributed by atoms with Crippen molar-refractivity contribution in [1.29, 1.82) is 0 Å². The highest BCUT2D eigenvalue weighted by Crippen LogP contribution is 2.24. The molecule has 0 radical (unpaired) electrons. The Morgan fingerprint density at radius 2 is 2.20 bits per heavy atom. The lowest BCUT2D eigenvalue weighted by Gasteiger charge is -2.33. The summed E-state index contributed by atoms with van der Waals surface area (Å²) < 4.78 is 4.82. The molecule has 1 aromatic heterocycles. The average molecular weight is 279 g/mol. The van der Waals surface area contributed by atoms with Crippen LogP contribution in [0, 0.1) is 5.92 Å². The number of hydrogen-bond donors (Lipinski definition) is 2. The SMILES string of the molecule is O=C(NC1CC1)[C@H](O)C1CCN(Cc2ccon2)CC1. The number of aromatic nitrogens is 1. The van der Waals surface area contributed by atoms with Crippen LogP contribution in [0.4, 0.5) is 0 Å². The number of nitrogens with one attached hydrogen (secondary N) is 1. The zero-order valence-corrected chi connectivity index (χ0v) is 11.5. The molecule has 1 aromatic rings. The molecule has 110 valence electrons. The molecule has 1 aliphatic carbocycles. The maximum absolute atomic E-state index is 11.8. The van der Waals surface area contributed by atoms with Crippen LogP contribution in [0.25, 0.3) is 0 Å². The monoisotopic (exact) mass is 279 g/mol. The Kier molecular flexibility index (Phi) is 4.03. The minimum atomic E-state index is -0.857. The molecule has 0 aromatic carbocycles. The second-order valence-electron chi connectivity index (χ2n) is 5.83. The largest absolute Gasteiger partial charge is 0.383 e. The molecule has 1 amide bonds. The fourth-order valence-electron chi connectivity index (χ4n) is 2.70. The van der Waals surface area contributed by atoms with E-state index in [2.05, 4.69) is 15.4 Å². The Morgan fingerprint density at radius 1 is 1.45 bits per heavy atom. The number of amides is 1. The topological polar surface area (TPSA) is 78.6 Å². The molecule has 1 saturated heterocycles. The van der Waals surface area contributed by atoms with E-state index in [4.69, 9.17) is 4.52 Å². The van der Waals surface area contributed by atoms with E-state index in [0.29, 0.717) is 6.04 Å². The summed E-state index contributed by atoms with van der Waals surface area (Å²) in [5, 5.41) is 16.9. The van der Waals surface area contributed by atoms with Crippen molar-refractivity contribution in [2.75, 3.05) is 13.1 Å². The maximum atomic E-state index is 11.8. The molecule has 1 saturated carbocycles. The summed E-state index contributed by atoms with van der Waals surface area (Å²) in [7, 11) is 0. The standard InChI is InChI=1S/C14H21N3O3/c18-13(14(19)15-11-1-2-11)10-3-6-17(7-4-10)9-12-5-8-20-16-12/h5,8,10-11,13,18H,1-4,6-7,9H2,(H,15,19)/t13-/m1/s1. The van der Waals surface area contributed by atoms with Gasteiger partial charge in [0.15, 0.2) is 0 Å². The predicted octanol–water partition coefficient (Wildman–Crippen LogP) is 0.526. The second-order valence-corrected chi connectivity index (χ2v) is 5.83. The van der Waals surface area contributed by atoms with Crippen LogP contribution in [0.3, 0.4) is 0 Å². The van der Waals surface area contributed by atoms with Gasteiger partial charge in [-0.05, 0) is 44.7 Å². The van der Waals surface area contributed by atoms with Crippen molar-refractivity contribution in [2.24, 2.45) is 5.92 Å². The third kappa shape index (κ3) is 3.37. The first-order valence-electron chi connectivity index (χ1n) is 7.32. The summed E-state index contributed by atoms with van der Waals surface area (Å²) >= 11 is 0. The van der Waals surface area contributed by atoms with Crippen molar-refractivity contribution in [3.8, 4) is 0 Å². The molecule has 0 bridgehead atoms. The van der Waals surface area contributed by atoms with Gasteiger partial charge < -0.3 is 14.9 Å². The fraction of sp³-hybridized carbons (Fsp3) is 0.714. The molecule has 6 nitrogen and oxygen atoms in total. The van der Waals surface area contributed by atoms with Crippen LogP contribution in [-0.2, 0) is 11.3 Å². The molecular formula is C14H21N3O3. The molecule has 6 heteroatoms. The van der Waals surface area contributed by atoms with E-state index >= 15 is 0 Å². The van der Waals surface area contributed by atoms with Gasteiger partial charge in [0.05, 0.1) is 5.69 Å². The number of rotatable bonds is 5. The molecule has 2 N–H and O–H groups in total. The Morgan fingerprint density at radius 3 is 2.80 bits per heavy atom. The van der Waals surface area contributed by atoms with Gasteiger partial charge in [-0.15, -0.1) is 0 Å². The average Bonchev–Trinajstić information content (AvgIpc) is 3.12. The van der Waals surface area contributed by atoms with Gasteiger partial charge in [0.1, 0.15) is 12.4 Å². The van der Waals surface area contributed by atoms with E-state index in [1.807, 2.05) is 6.07 Å². The third-order valence-electron chi connectivity index (χ3n) is 4.15. The van der Waals surface area contributed by atoms with Crippen molar-refractivity contribution in [2.45, 2.75) is 44.4 Å². The fourth-order valence-corrected chi connectivity index (χ4v) is 2.70. The minimum Gasteiger partial charge on any atom is -0.383 e. The van der Waals surface area contributed by atoms with E-state index in [0.717, 1.165) is 51.0 Å². The highest BCUT2D eigenvalue weighted by atomic mass is 16.5. The first kappa shape index (κ1) is 13.6. The number of piperidine rings is 1. The molecule has 20 heavy (non-hydrogen) atoms. The summed E-state index contributed by atoms with van der Waals surface area (Å²) in [5.41, 5.74) is 0.926. The van der Waals surface area contributed by atoms with Gasteiger partial charge in [-0.1, -0.05) is 5.16 Å². The lowest BCUT2D eigenvalue weighted by atomic mass is 9.90. The van der Waals surface area contributed by atoms with Crippen LogP contribution in [0.15, 0.2) is 16.9 Å². The number of likely N-dealkylation sites (tertiary alicyclic amines) is 1. The summed E-state index contributed by atoms with van der Waals surface area (Å²) in [6.45, 7) is 2.53. The lowest BCUT2D eigenvalue weighted by molar-refractivity contribution is -0.133. The number of hydrogen-bond acceptors (Lipinski definition) is 5. The Labute approximate surface area is 118 Å². The quantitative estimate of drug-likeness (QED) is 0.822. The number of carbonyl (C=O) groups excluding carboxylic acids is 1. The first-order valence-corrected chi connectivity index (χ1v) is 7.32. The molecule has 1 atom stereocenters. The van der Waals surface area contributed by atoms with Crippen LogP contribution in [0.5, 0.6) is 0 Å². The van der Waals surface area contributed by atoms with Gasteiger partial charge in [-0.2, -0.15) is 0 Å². The van der Waals surface area contributed by atoms with Crippen molar-refractivity contribution < 1.29 is 14.4 Å². The van der Waals surface area contributed by atoms with Crippen molar-refractivity contribution >= 4 is 5.91 Å². The van der Waals surface area contributed by atoms with Crippen LogP contribution in [0.1, 0.15) is 31.4 Å². The molecule has 0 unspecified atom stereocenters. The van der Waals surface area contributed by atoms with Crippen molar-refractivity contribution in [3.05, 3.63) is 18.0 Å². The normalized spacial score (nSPS) is 22.6. The maximum Gasteiger partial charge on any atom is 0.249 e. The third-order valence-corrected chi connectivity index (χ3v) is 4.15. The van der Waals surface area contributed by atoms with Crippen molar-refractivity contribution in [3.63, 3.8) is 0 Å². The predicted molar refractivity (Wildman–Crippen MR) is 71.7 cm³/mol. The van der Waals surface area contributed by atoms with Gasteiger partial charge in [0, 0.05) is 18.7 Å². The Hall–Kier alpha value is -1.40. The number of aliphatic hydroxyl groups excluding tert-OH is 1. The Bertz CT molecular complexity index is 437. The van der Waals surface area contributed by atoms with Crippen LogP contribution >= 0.6 is 0 Å². The summed E-state index contributed by atoms with van der Waals surface area (Å²) in [5.74, 6) is -0.121.